The van der Waals surface area contributed by atoms with Crippen LogP contribution >= 0.6 is 0 Å². The number of hydrogen-bond acceptors (Lipinski definition) is 4. The zero-order valence-corrected chi connectivity index (χ0v) is 15.3. The maximum absolute atomic E-state index is 12.4. The van der Waals surface area contributed by atoms with Gasteiger partial charge in [0.15, 0.2) is 0 Å². The minimum atomic E-state index is -3.58. The van der Waals surface area contributed by atoms with Gasteiger partial charge in [0.1, 0.15) is 0 Å². The van der Waals surface area contributed by atoms with Crippen LogP contribution in [0.25, 0.3) is 0 Å². The SMILES string of the molecule is NC(CNC(=O)CCNS(=O)(=O)c1ccc2c(c1)CCCC2)C1CC1. The van der Waals surface area contributed by atoms with E-state index in [-0.39, 0.29) is 29.8 Å². The van der Waals surface area contributed by atoms with Crippen molar-refractivity contribution in [3.05, 3.63) is 29.3 Å². The van der Waals surface area contributed by atoms with Gasteiger partial charge in [-0.1, -0.05) is 6.07 Å². The van der Waals surface area contributed by atoms with Crippen LogP contribution in [-0.2, 0) is 27.7 Å². The fourth-order valence-electron chi connectivity index (χ4n) is 3.27. The van der Waals surface area contributed by atoms with Gasteiger partial charge in [-0.2, -0.15) is 0 Å². The molecule has 0 spiro atoms. The van der Waals surface area contributed by atoms with Gasteiger partial charge in [0, 0.05) is 25.6 Å². The quantitative estimate of drug-likeness (QED) is 0.642. The number of hydrogen-bond donors (Lipinski definition) is 3. The number of nitrogens with two attached hydrogens (primary N) is 1. The highest BCUT2D eigenvalue weighted by atomic mass is 32.2. The number of amides is 1. The van der Waals surface area contributed by atoms with E-state index in [2.05, 4.69) is 10.0 Å². The van der Waals surface area contributed by atoms with Crippen LogP contribution in [0.15, 0.2) is 23.1 Å². The molecule has 1 fully saturated rings. The summed E-state index contributed by atoms with van der Waals surface area (Å²) in [6.45, 7) is 0.547. The molecule has 0 heterocycles. The van der Waals surface area contributed by atoms with Gasteiger partial charge in [0.2, 0.25) is 15.9 Å². The van der Waals surface area contributed by atoms with Gasteiger partial charge in [-0.3, -0.25) is 4.79 Å². The van der Waals surface area contributed by atoms with Crippen molar-refractivity contribution in [2.45, 2.75) is 55.9 Å². The van der Waals surface area contributed by atoms with E-state index in [9.17, 15) is 13.2 Å². The summed E-state index contributed by atoms with van der Waals surface area (Å²) in [5, 5.41) is 2.77. The maximum Gasteiger partial charge on any atom is 0.240 e. The molecule has 0 saturated heterocycles. The van der Waals surface area contributed by atoms with Crippen LogP contribution in [0.3, 0.4) is 0 Å². The van der Waals surface area contributed by atoms with Crippen molar-refractivity contribution in [3.8, 4) is 0 Å². The molecular formula is C18H27N3O3S. The summed E-state index contributed by atoms with van der Waals surface area (Å²) in [5.74, 6) is 0.354. The molecule has 3 rings (SSSR count). The van der Waals surface area contributed by atoms with Crippen molar-refractivity contribution in [3.63, 3.8) is 0 Å². The fourth-order valence-corrected chi connectivity index (χ4v) is 4.35. The molecule has 0 aromatic heterocycles. The molecule has 1 saturated carbocycles. The predicted molar refractivity (Wildman–Crippen MR) is 96.6 cm³/mol. The lowest BCUT2D eigenvalue weighted by atomic mass is 9.92. The molecule has 7 heteroatoms. The first-order valence-electron chi connectivity index (χ1n) is 9.09. The van der Waals surface area contributed by atoms with E-state index >= 15 is 0 Å². The number of fused-ring (bicyclic) bond motifs is 1. The van der Waals surface area contributed by atoms with Gasteiger partial charge in [-0.15, -0.1) is 0 Å². The first-order chi connectivity index (χ1) is 12.0. The molecule has 0 radical (unpaired) electrons. The van der Waals surface area contributed by atoms with Crippen LogP contribution in [0, 0.1) is 5.92 Å². The molecule has 1 unspecified atom stereocenters. The van der Waals surface area contributed by atoms with Crippen LogP contribution in [0.5, 0.6) is 0 Å². The second-order valence-corrected chi connectivity index (χ2v) is 8.86. The molecular weight excluding hydrogens is 338 g/mol. The number of nitrogens with one attached hydrogen (secondary N) is 2. The zero-order valence-electron chi connectivity index (χ0n) is 14.5. The third-order valence-corrected chi connectivity index (χ3v) is 6.50. The second kappa shape index (κ2) is 7.85. The van der Waals surface area contributed by atoms with Crippen molar-refractivity contribution >= 4 is 15.9 Å². The van der Waals surface area contributed by atoms with E-state index in [1.165, 1.54) is 5.56 Å². The van der Waals surface area contributed by atoms with Crippen LogP contribution in [0.2, 0.25) is 0 Å². The summed E-state index contributed by atoms with van der Waals surface area (Å²) in [6.07, 6.45) is 6.61. The van der Waals surface area contributed by atoms with Gasteiger partial charge in [-0.05, 0) is 67.7 Å². The molecule has 2 aliphatic carbocycles. The smallest absolute Gasteiger partial charge is 0.240 e. The Bertz CT molecular complexity index is 729. The normalized spacial score (nSPS) is 18.4. The third kappa shape index (κ3) is 5.03. The van der Waals surface area contributed by atoms with E-state index in [0.29, 0.717) is 12.5 Å². The van der Waals surface area contributed by atoms with Crippen LogP contribution in [0.4, 0.5) is 0 Å². The summed E-state index contributed by atoms with van der Waals surface area (Å²) >= 11 is 0. The Morgan fingerprint density at radius 3 is 2.64 bits per heavy atom. The Balaban J connectivity index is 1.47. The molecule has 138 valence electrons. The lowest BCUT2D eigenvalue weighted by Crippen LogP contribution is -2.39. The number of rotatable bonds is 8. The summed E-state index contributed by atoms with van der Waals surface area (Å²) in [7, 11) is -3.58. The summed E-state index contributed by atoms with van der Waals surface area (Å²) in [6, 6.07) is 5.35. The molecule has 2 aliphatic rings. The zero-order chi connectivity index (χ0) is 17.9. The molecule has 0 bridgehead atoms. The molecule has 1 amide bonds. The first-order valence-corrected chi connectivity index (χ1v) is 10.6. The lowest BCUT2D eigenvalue weighted by molar-refractivity contribution is -0.121. The molecule has 4 N–H and O–H groups in total. The van der Waals surface area contributed by atoms with E-state index in [1.807, 2.05) is 6.07 Å². The second-order valence-electron chi connectivity index (χ2n) is 7.09. The average molecular weight is 365 g/mol. The van der Waals surface area contributed by atoms with E-state index in [0.717, 1.165) is 44.1 Å². The van der Waals surface area contributed by atoms with E-state index in [1.54, 1.807) is 12.1 Å². The van der Waals surface area contributed by atoms with Gasteiger partial charge >= 0.3 is 0 Å². The molecule has 1 atom stereocenters. The Morgan fingerprint density at radius 1 is 1.20 bits per heavy atom. The van der Waals surface area contributed by atoms with E-state index < -0.39 is 10.0 Å². The Morgan fingerprint density at radius 2 is 1.92 bits per heavy atom. The molecule has 0 aliphatic heterocycles. The van der Waals surface area contributed by atoms with Crippen molar-refractivity contribution in [1.29, 1.82) is 0 Å². The highest BCUT2D eigenvalue weighted by Gasteiger charge is 2.28. The summed E-state index contributed by atoms with van der Waals surface area (Å²) in [5.41, 5.74) is 8.30. The van der Waals surface area contributed by atoms with Gasteiger partial charge in [-0.25, -0.2) is 13.1 Å². The van der Waals surface area contributed by atoms with Crippen molar-refractivity contribution in [1.82, 2.24) is 10.0 Å². The number of aryl methyl sites for hydroxylation is 2. The van der Waals surface area contributed by atoms with Gasteiger partial charge < -0.3 is 11.1 Å². The summed E-state index contributed by atoms with van der Waals surface area (Å²) in [4.78, 5) is 12.1. The topological polar surface area (TPSA) is 101 Å². The highest BCUT2D eigenvalue weighted by molar-refractivity contribution is 7.89. The number of sulfonamides is 1. The summed E-state index contributed by atoms with van der Waals surface area (Å²) < 4.78 is 27.3. The third-order valence-electron chi connectivity index (χ3n) is 5.04. The predicted octanol–water partition coefficient (Wildman–Crippen LogP) is 1.09. The average Bonchev–Trinajstić information content (AvgIpc) is 3.44. The largest absolute Gasteiger partial charge is 0.354 e. The van der Waals surface area contributed by atoms with Crippen molar-refractivity contribution in [2.75, 3.05) is 13.1 Å². The number of carbonyl (C=O) groups excluding carboxylic acids is 1. The highest BCUT2D eigenvalue weighted by Crippen LogP contribution is 2.31. The molecule has 1 aromatic carbocycles. The lowest BCUT2D eigenvalue weighted by Gasteiger charge is -2.17. The van der Waals surface area contributed by atoms with Crippen LogP contribution in [0.1, 0.15) is 43.2 Å². The Labute approximate surface area is 149 Å². The van der Waals surface area contributed by atoms with Crippen LogP contribution in [-0.4, -0.2) is 33.5 Å². The molecule has 6 nitrogen and oxygen atoms in total. The maximum atomic E-state index is 12.4. The minimum absolute atomic E-state index is 0.0103. The standard InChI is InChI=1S/C18H27N3O3S/c19-17(14-5-6-14)12-20-18(22)9-10-21-25(23,24)16-8-7-13-3-1-2-4-15(13)11-16/h7-8,11,14,17,21H,1-6,9-10,12,19H2,(H,20,22). The van der Waals surface area contributed by atoms with Crippen molar-refractivity contribution in [2.24, 2.45) is 11.7 Å². The molecule has 1 aromatic rings. The Hall–Kier alpha value is -1.44. The Kier molecular flexibility index (Phi) is 5.76. The van der Waals surface area contributed by atoms with Crippen LogP contribution < -0.4 is 15.8 Å². The van der Waals surface area contributed by atoms with Gasteiger partial charge in [0.25, 0.3) is 0 Å². The monoisotopic (exact) mass is 365 g/mol. The van der Waals surface area contributed by atoms with E-state index in [4.69, 9.17) is 5.73 Å². The number of carbonyl (C=O) groups is 1. The van der Waals surface area contributed by atoms with Crippen molar-refractivity contribution < 1.29 is 13.2 Å². The molecule has 25 heavy (non-hydrogen) atoms. The number of benzene rings is 1. The minimum Gasteiger partial charge on any atom is -0.354 e. The first kappa shape index (κ1) is 18.4. The fraction of sp³-hybridized carbons (Fsp3) is 0.611. The van der Waals surface area contributed by atoms with Gasteiger partial charge in [0.05, 0.1) is 4.90 Å².